The lowest BCUT2D eigenvalue weighted by Gasteiger charge is -2.13. The number of aliphatic carboxylic acids is 1. The number of carboxylic acid groups (broad SMARTS) is 1. The number of carboxylic acids is 1. The second-order valence-electron chi connectivity index (χ2n) is 5.51. The van der Waals surface area contributed by atoms with E-state index in [2.05, 4.69) is 5.32 Å². The molecule has 0 aliphatic carbocycles. The van der Waals surface area contributed by atoms with Crippen LogP contribution in [0.1, 0.15) is 11.1 Å². The van der Waals surface area contributed by atoms with Gasteiger partial charge < -0.3 is 30.8 Å². The molecular weight excluding hydrogens is 342 g/mol. The van der Waals surface area contributed by atoms with Gasteiger partial charge in [0.05, 0.1) is 0 Å². The summed E-state index contributed by atoms with van der Waals surface area (Å²) in [6, 6.07) is 6.59. The topological polar surface area (TPSA) is 147 Å². The van der Waals surface area contributed by atoms with E-state index in [1.54, 1.807) is 0 Å². The SMILES string of the molecule is O=C(/C=C\c1ccc(O)c(O)c1)NC(Cc1ccc(O)c(O)c1)C(=O)O. The predicted octanol–water partition coefficient (Wildman–Crippen LogP) is 1.33. The summed E-state index contributed by atoms with van der Waals surface area (Å²) in [5.74, 6) is -3.29. The number of phenols is 4. The van der Waals surface area contributed by atoms with E-state index in [1.807, 2.05) is 0 Å². The Hall–Kier alpha value is -3.68. The summed E-state index contributed by atoms with van der Waals surface area (Å²) < 4.78 is 0. The molecule has 8 nitrogen and oxygen atoms in total. The van der Waals surface area contributed by atoms with Crippen LogP contribution in [0.3, 0.4) is 0 Å². The van der Waals surface area contributed by atoms with Crippen molar-refractivity contribution in [1.82, 2.24) is 5.32 Å². The van der Waals surface area contributed by atoms with Crippen LogP contribution in [0, 0.1) is 0 Å². The van der Waals surface area contributed by atoms with Crippen molar-refractivity contribution in [2.45, 2.75) is 12.5 Å². The molecule has 8 heteroatoms. The molecule has 2 aromatic carbocycles. The number of rotatable bonds is 6. The maximum atomic E-state index is 11.9. The van der Waals surface area contributed by atoms with Crippen LogP contribution in [0.25, 0.3) is 6.08 Å². The van der Waals surface area contributed by atoms with Crippen molar-refractivity contribution in [3.8, 4) is 23.0 Å². The summed E-state index contributed by atoms with van der Waals surface area (Å²) >= 11 is 0. The summed E-state index contributed by atoms with van der Waals surface area (Å²) in [7, 11) is 0. The van der Waals surface area contributed by atoms with Crippen LogP contribution >= 0.6 is 0 Å². The zero-order valence-corrected chi connectivity index (χ0v) is 13.5. The molecule has 0 saturated heterocycles. The van der Waals surface area contributed by atoms with Crippen LogP contribution in [0.2, 0.25) is 0 Å². The molecular formula is C18H17NO7. The molecule has 0 saturated carbocycles. The largest absolute Gasteiger partial charge is 0.504 e. The first-order valence-electron chi connectivity index (χ1n) is 7.50. The first kappa shape index (κ1) is 18.7. The number of benzene rings is 2. The first-order valence-corrected chi connectivity index (χ1v) is 7.50. The number of hydrogen-bond donors (Lipinski definition) is 6. The van der Waals surface area contributed by atoms with Gasteiger partial charge >= 0.3 is 5.97 Å². The molecule has 0 bridgehead atoms. The van der Waals surface area contributed by atoms with Gasteiger partial charge in [0.2, 0.25) is 5.91 Å². The summed E-state index contributed by atoms with van der Waals surface area (Å²) in [5, 5.41) is 48.9. The summed E-state index contributed by atoms with van der Waals surface area (Å²) in [5.41, 5.74) is 0.853. The quantitative estimate of drug-likeness (QED) is 0.337. The van der Waals surface area contributed by atoms with Crippen molar-refractivity contribution >= 4 is 18.0 Å². The van der Waals surface area contributed by atoms with E-state index in [0.29, 0.717) is 11.1 Å². The molecule has 0 heterocycles. The van der Waals surface area contributed by atoms with E-state index >= 15 is 0 Å². The third-order valence-corrected chi connectivity index (χ3v) is 3.52. The molecule has 0 aliphatic heterocycles. The minimum Gasteiger partial charge on any atom is -0.504 e. The molecule has 136 valence electrons. The standard InChI is InChI=1S/C18H17NO7/c20-13-4-1-10(8-15(13)22)3-6-17(24)19-12(18(25)26)7-11-2-5-14(21)16(23)9-11/h1-6,8-9,12,20-23H,7H2,(H,19,24)(H,25,26)/b6-3-. The second kappa shape index (κ2) is 7.93. The zero-order chi connectivity index (χ0) is 19.3. The maximum absolute atomic E-state index is 11.9. The third kappa shape index (κ3) is 4.91. The smallest absolute Gasteiger partial charge is 0.326 e. The van der Waals surface area contributed by atoms with Crippen LogP contribution < -0.4 is 5.32 Å². The minimum absolute atomic E-state index is 0.0945. The number of carbonyl (C=O) groups is 2. The highest BCUT2D eigenvalue weighted by Gasteiger charge is 2.20. The van der Waals surface area contributed by atoms with Crippen LogP contribution in [0.5, 0.6) is 23.0 Å². The van der Waals surface area contributed by atoms with Gasteiger partial charge in [-0.05, 0) is 41.5 Å². The van der Waals surface area contributed by atoms with Gasteiger partial charge in [-0.15, -0.1) is 0 Å². The van der Waals surface area contributed by atoms with Gasteiger partial charge in [0, 0.05) is 12.5 Å². The first-order chi connectivity index (χ1) is 12.3. The van der Waals surface area contributed by atoms with Crippen molar-refractivity contribution in [3.63, 3.8) is 0 Å². The second-order valence-corrected chi connectivity index (χ2v) is 5.51. The molecule has 0 radical (unpaired) electrons. The van der Waals surface area contributed by atoms with E-state index in [1.165, 1.54) is 42.5 Å². The Bertz CT molecular complexity index is 861. The lowest BCUT2D eigenvalue weighted by atomic mass is 10.1. The van der Waals surface area contributed by atoms with E-state index in [-0.39, 0.29) is 29.4 Å². The fraction of sp³-hybridized carbons (Fsp3) is 0.111. The van der Waals surface area contributed by atoms with Crippen LogP contribution in [0.15, 0.2) is 42.5 Å². The fourth-order valence-corrected chi connectivity index (χ4v) is 2.17. The molecule has 1 atom stereocenters. The van der Waals surface area contributed by atoms with Gasteiger partial charge in [0.15, 0.2) is 23.0 Å². The van der Waals surface area contributed by atoms with E-state index in [4.69, 9.17) is 0 Å². The molecule has 26 heavy (non-hydrogen) atoms. The molecule has 2 aromatic rings. The highest BCUT2D eigenvalue weighted by molar-refractivity contribution is 5.94. The van der Waals surface area contributed by atoms with Gasteiger partial charge in [0.25, 0.3) is 0 Å². The highest BCUT2D eigenvalue weighted by atomic mass is 16.4. The minimum atomic E-state index is -1.26. The Balaban J connectivity index is 2.05. The Kier molecular flexibility index (Phi) is 5.69. The summed E-state index contributed by atoms with van der Waals surface area (Å²) in [6.07, 6.45) is 2.35. The molecule has 1 unspecified atom stereocenters. The number of nitrogens with one attached hydrogen (secondary N) is 1. The molecule has 1 amide bonds. The van der Waals surface area contributed by atoms with E-state index in [9.17, 15) is 35.1 Å². The average Bonchev–Trinajstić information content (AvgIpc) is 2.58. The van der Waals surface area contributed by atoms with Crippen LogP contribution in [-0.2, 0) is 16.0 Å². The molecule has 0 aromatic heterocycles. The number of hydrogen-bond acceptors (Lipinski definition) is 6. The fourth-order valence-electron chi connectivity index (χ4n) is 2.17. The molecule has 0 spiro atoms. The number of phenolic OH excluding ortho intramolecular Hbond substituents is 4. The molecule has 6 N–H and O–H groups in total. The number of carbonyl (C=O) groups excluding carboxylic acids is 1. The Morgan fingerprint density at radius 2 is 1.54 bits per heavy atom. The highest BCUT2D eigenvalue weighted by Crippen LogP contribution is 2.26. The number of amides is 1. The lowest BCUT2D eigenvalue weighted by Crippen LogP contribution is -2.41. The van der Waals surface area contributed by atoms with Crippen molar-refractivity contribution in [3.05, 3.63) is 53.6 Å². The Morgan fingerprint density at radius 1 is 0.923 bits per heavy atom. The van der Waals surface area contributed by atoms with Crippen LogP contribution in [0.4, 0.5) is 0 Å². The van der Waals surface area contributed by atoms with Gasteiger partial charge in [-0.3, -0.25) is 4.79 Å². The van der Waals surface area contributed by atoms with E-state index < -0.39 is 17.9 Å². The van der Waals surface area contributed by atoms with Gasteiger partial charge in [-0.2, -0.15) is 0 Å². The third-order valence-electron chi connectivity index (χ3n) is 3.52. The summed E-state index contributed by atoms with van der Waals surface area (Å²) in [4.78, 5) is 23.3. The normalized spacial score (nSPS) is 12.0. The van der Waals surface area contributed by atoms with E-state index in [0.717, 1.165) is 6.08 Å². The molecule has 0 aliphatic rings. The Labute approximate surface area is 148 Å². The average molecular weight is 359 g/mol. The van der Waals surface area contributed by atoms with Crippen molar-refractivity contribution in [2.24, 2.45) is 0 Å². The van der Waals surface area contributed by atoms with Gasteiger partial charge in [0.1, 0.15) is 6.04 Å². The molecule has 0 fully saturated rings. The molecule has 2 rings (SSSR count). The van der Waals surface area contributed by atoms with Crippen molar-refractivity contribution in [2.75, 3.05) is 0 Å². The monoisotopic (exact) mass is 359 g/mol. The van der Waals surface area contributed by atoms with Crippen molar-refractivity contribution in [1.29, 1.82) is 0 Å². The van der Waals surface area contributed by atoms with Crippen molar-refractivity contribution < 1.29 is 35.1 Å². The van der Waals surface area contributed by atoms with Gasteiger partial charge in [-0.1, -0.05) is 12.1 Å². The van der Waals surface area contributed by atoms with Crippen LogP contribution in [-0.4, -0.2) is 43.5 Å². The zero-order valence-electron chi connectivity index (χ0n) is 13.5. The lowest BCUT2D eigenvalue weighted by molar-refractivity contribution is -0.141. The summed E-state index contributed by atoms with van der Waals surface area (Å²) in [6.45, 7) is 0. The number of aromatic hydroxyl groups is 4. The predicted molar refractivity (Wildman–Crippen MR) is 91.8 cm³/mol. The maximum Gasteiger partial charge on any atom is 0.326 e. The Morgan fingerprint density at radius 3 is 2.12 bits per heavy atom. The van der Waals surface area contributed by atoms with Gasteiger partial charge in [-0.25, -0.2) is 4.79 Å².